The highest BCUT2D eigenvalue weighted by Gasteiger charge is 2.21. The van der Waals surface area contributed by atoms with Gasteiger partial charge in [-0.1, -0.05) is 71.8 Å². The minimum Gasteiger partial charge on any atom is -0.259 e. The van der Waals surface area contributed by atoms with Gasteiger partial charge in [0.15, 0.2) is 0 Å². The number of nitrogens with zero attached hydrogens (tertiary/aromatic N) is 5. The molecule has 0 unspecified atom stereocenters. The lowest BCUT2D eigenvalue weighted by Gasteiger charge is -2.09. The number of imidazole rings is 1. The van der Waals surface area contributed by atoms with Crippen molar-refractivity contribution in [2.45, 2.75) is 13.8 Å². The first-order valence-corrected chi connectivity index (χ1v) is 9.98. The monoisotopic (exact) mass is 389 g/mol. The molecule has 0 atom stereocenters. The number of fused-ring (bicyclic) bond motifs is 6. The summed E-state index contributed by atoms with van der Waals surface area (Å²) < 4.78 is 4.02. The standard InChI is InChI=1S/C25H19N5/c1-16-7-11-18(12-8-16)22-23(19-13-9-17(2)10-14-19)29-24(28-22)20-5-3-4-6-21(20)30-25(29)26-15-27-30/h3-15H,1-2H3. The third kappa shape index (κ3) is 2.38. The quantitative estimate of drug-likeness (QED) is 0.394. The fraction of sp³-hybridized carbons (Fsp3) is 0.0800. The van der Waals surface area contributed by atoms with Gasteiger partial charge in [0, 0.05) is 16.5 Å². The zero-order valence-corrected chi connectivity index (χ0v) is 16.7. The second kappa shape index (κ2) is 6.26. The first kappa shape index (κ1) is 16.9. The van der Waals surface area contributed by atoms with Crippen LogP contribution in [0, 0.1) is 13.8 Å². The fourth-order valence-electron chi connectivity index (χ4n) is 4.09. The summed E-state index contributed by atoms with van der Waals surface area (Å²) in [5.41, 5.74) is 8.49. The van der Waals surface area contributed by atoms with E-state index in [4.69, 9.17) is 4.98 Å². The van der Waals surface area contributed by atoms with Gasteiger partial charge in [-0.3, -0.25) is 4.40 Å². The molecule has 5 heteroatoms. The van der Waals surface area contributed by atoms with E-state index in [1.807, 2.05) is 16.6 Å². The number of para-hydroxylation sites is 1. The van der Waals surface area contributed by atoms with Crippen LogP contribution in [0.2, 0.25) is 0 Å². The minimum absolute atomic E-state index is 0.755. The van der Waals surface area contributed by atoms with Gasteiger partial charge in [-0.2, -0.15) is 14.6 Å². The Kier molecular flexibility index (Phi) is 3.53. The van der Waals surface area contributed by atoms with Crippen molar-refractivity contribution in [3.63, 3.8) is 0 Å². The molecule has 0 spiro atoms. The van der Waals surface area contributed by atoms with Crippen LogP contribution in [-0.2, 0) is 0 Å². The Morgan fingerprint density at radius 1 is 0.733 bits per heavy atom. The number of hydrogen-bond donors (Lipinski definition) is 0. The highest BCUT2D eigenvalue weighted by atomic mass is 15.3. The van der Waals surface area contributed by atoms with Gasteiger partial charge >= 0.3 is 0 Å². The molecule has 0 saturated heterocycles. The van der Waals surface area contributed by atoms with Crippen molar-refractivity contribution >= 4 is 22.3 Å². The summed E-state index contributed by atoms with van der Waals surface area (Å²) >= 11 is 0. The second-order valence-electron chi connectivity index (χ2n) is 7.69. The van der Waals surface area contributed by atoms with Crippen LogP contribution in [-0.4, -0.2) is 24.0 Å². The van der Waals surface area contributed by atoms with Gasteiger partial charge in [-0.15, -0.1) is 0 Å². The summed E-state index contributed by atoms with van der Waals surface area (Å²) in [4.78, 5) is 9.75. The predicted octanol–water partition coefficient (Wildman–Crippen LogP) is 5.48. The SMILES string of the molecule is Cc1ccc(-c2nc3c4ccccc4n4ncnc4n3c2-c2ccc(C)cc2)cc1. The maximum Gasteiger partial charge on any atom is 0.239 e. The van der Waals surface area contributed by atoms with E-state index < -0.39 is 0 Å². The number of aryl methyl sites for hydroxylation is 2. The van der Waals surface area contributed by atoms with E-state index in [1.54, 1.807) is 6.33 Å². The van der Waals surface area contributed by atoms with Crippen molar-refractivity contribution in [3.05, 3.63) is 90.3 Å². The minimum atomic E-state index is 0.755. The van der Waals surface area contributed by atoms with Crippen LogP contribution in [0.5, 0.6) is 0 Å². The Morgan fingerprint density at radius 3 is 2.13 bits per heavy atom. The molecule has 3 heterocycles. The van der Waals surface area contributed by atoms with Gasteiger partial charge in [-0.25, -0.2) is 4.98 Å². The van der Waals surface area contributed by atoms with Gasteiger partial charge in [0.05, 0.1) is 16.9 Å². The zero-order valence-electron chi connectivity index (χ0n) is 16.7. The average Bonchev–Trinajstić information content (AvgIpc) is 3.40. The Morgan fingerprint density at radius 2 is 1.40 bits per heavy atom. The van der Waals surface area contributed by atoms with E-state index in [-0.39, 0.29) is 0 Å². The van der Waals surface area contributed by atoms with E-state index in [0.29, 0.717) is 0 Å². The lowest BCUT2D eigenvalue weighted by molar-refractivity contribution is 0.971. The summed E-state index contributed by atoms with van der Waals surface area (Å²) in [5.74, 6) is 0.755. The van der Waals surface area contributed by atoms with E-state index >= 15 is 0 Å². The van der Waals surface area contributed by atoms with Crippen LogP contribution in [0.25, 0.3) is 44.8 Å². The molecule has 144 valence electrons. The van der Waals surface area contributed by atoms with Crippen LogP contribution < -0.4 is 0 Å². The first-order chi connectivity index (χ1) is 14.7. The number of rotatable bonds is 2. The third-order valence-corrected chi connectivity index (χ3v) is 5.63. The van der Waals surface area contributed by atoms with Crippen LogP contribution >= 0.6 is 0 Å². The molecule has 0 N–H and O–H groups in total. The molecular weight excluding hydrogens is 370 g/mol. The summed E-state index contributed by atoms with van der Waals surface area (Å²) in [6, 6.07) is 25.3. The van der Waals surface area contributed by atoms with Gasteiger partial charge < -0.3 is 0 Å². The van der Waals surface area contributed by atoms with Gasteiger partial charge in [0.1, 0.15) is 12.0 Å². The van der Waals surface area contributed by atoms with Gasteiger partial charge in [0.2, 0.25) is 5.78 Å². The molecule has 30 heavy (non-hydrogen) atoms. The van der Waals surface area contributed by atoms with Crippen LogP contribution in [0.15, 0.2) is 79.1 Å². The smallest absolute Gasteiger partial charge is 0.239 e. The molecular formula is C25H19N5. The Balaban J connectivity index is 1.83. The average molecular weight is 389 g/mol. The van der Waals surface area contributed by atoms with E-state index in [2.05, 4.69) is 89.0 Å². The number of hydrogen-bond acceptors (Lipinski definition) is 3. The summed E-state index contributed by atoms with van der Waals surface area (Å²) in [5, 5.41) is 5.54. The van der Waals surface area contributed by atoms with Crippen molar-refractivity contribution in [2.75, 3.05) is 0 Å². The van der Waals surface area contributed by atoms with Gasteiger partial charge in [-0.05, 0) is 26.0 Å². The lowest BCUT2D eigenvalue weighted by Crippen LogP contribution is -2.00. The molecule has 0 fully saturated rings. The molecule has 0 amide bonds. The topological polar surface area (TPSA) is 47.5 Å². The Labute approximate surface area is 173 Å². The number of benzene rings is 3. The molecule has 0 radical (unpaired) electrons. The highest BCUT2D eigenvalue weighted by Crippen LogP contribution is 2.36. The maximum absolute atomic E-state index is 5.15. The normalized spacial score (nSPS) is 11.7. The van der Waals surface area contributed by atoms with Crippen molar-refractivity contribution in [2.24, 2.45) is 0 Å². The van der Waals surface area contributed by atoms with Crippen molar-refractivity contribution in [1.29, 1.82) is 0 Å². The Hall–Kier alpha value is -3.99. The molecule has 3 aromatic heterocycles. The van der Waals surface area contributed by atoms with Crippen LogP contribution in [0.3, 0.4) is 0 Å². The molecule has 3 aromatic carbocycles. The van der Waals surface area contributed by atoms with Gasteiger partial charge in [0.25, 0.3) is 0 Å². The summed E-state index contributed by atoms with van der Waals surface area (Å²) in [7, 11) is 0. The van der Waals surface area contributed by atoms with Crippen LogP contribution in [0.4, 0.5) is 0 Å². The predicted molar refractivity (Wildman–Crippen MR) is 120 cm³/mol. The lowest BCUT2D eigenvalue weighted by atomic mass is 10.0. The molecule has 6 rings (SSSR count). The van der Waals surface area contributed by atoms with Crippen molar-refractivity contribution in [3.8, 4) is 22.5 Å². The highest BCUT2D eigenvalue weighted by molar-refractivity contribution is 5.97. The Bertz CT molecular complexity index is 1540. The third-order valence-electron chi connectivity index (χ3n) is 5.63. The summed E-state index contributed by atoms with van der Waals surface area (Å²) in [6.45, 7) is 4.20. The summed E-state index contributed by atoms with van der Waals surface area (Å²) in [6.07, 6.45) is 1.60. The van der Waals surface area contributed by atoms with E-state index in [9.17, 15) is 0 Å². The molecule has 6 aromatic rings. The van der Waals surface area contributed by atoms with E-state index in [1.165, 1.54) is 11.1 Å². The van der Waals surface area contributed by atoms with E-state index in [0.717, 1.165) is 44.8 Å². The molecule has 0 aliphatic heterocycles. The molecule has 0 bridgehead atoms. The second-order valence-corrected chi connectivity index (χ2v) is 7.69. The van der Waals surface area contributed by atoms with Crippen LogP contribution in [0.1, 0.15) is 11.1 Å². The molecule has 0 aliphatic carbocycles. The van der Waals surface area contributed by atoms with Crippen molar-refractivity contribution in [1.82, 2.24) is 24.0 Å². The molecule has 5 nitrogen and oxygen atoms in total. The maximum atomic E-state index is 5.15. The zero-order chi connectivity index (χ0) is 20.2. The first-order valence-electron chi connectivity index (χ1n) is 9.98. The largest absolute Gasteiger partial charge is 0.259 e. The fourth-order valence-corrected chi connectivity index (χ4v) is 4.09. The molecule has 0 saturated carbocycles. The van der Waals surface area contributed by atoms with Crippen molar-refractivity contribution < 1.29 is 0 Å². The number of aromatic nitrogens is 5. The molecule has 0 aliphatic rings.